The molecule has 2 heterocycles. The number of aromatic nitrogens is 2. The van der Waals surface area contributed by atoms with Gasteiger partial charge in [0.2, 0.25) is 11.9 Å². The van der Waals surface area contributed by atoms with E-state index in [-0.39, 0.29) is 17.5 Å². The van der Waals surface area contributed by atoms with Gasteiger partial charge in [0.15, 0.2) is 0 Å². The van der Waals surface area contributed by atoms with Gasteiger partial charge in [-0.2, -0.15) is 8.78 Å². The molecule has 0 bridgehead atoms. The molecule has 0 atom stereocenters. The van der Waals surface area contributed by atoms with Crippen molar-refractivity contribution in [3.05, 3.63) is 17.5 Å². The van der Waals surface area contributed by atoms with Crippen LogP contribution in [0.4, 0.5) is 14.7 Å². The Balaban J connectivity index is 2.25. The second kappa shape index (κ2) is 6.14. The van der Waals surface area contributed by atoms with Crippen LogP contribution in [-0.4, -0.2) is 47.0 Å². The molecule has 7 heteroatoms. The minimum absolute atomic E-state index is 0.0245. The molecule has 122 valence electrons. The van der Waals surface area contributed by atoms with Gasteiger partial charge in [0.1, 0.15) is 5.69 Å². The first-order chi connectivity index (χ1) is 10.2. The maximum absolute atomic E-state index is 13.8. The third-order valence-electron chi connectivity index (χ3n) is 3.85. The Hall–Kier alpha value is -1.79. The van der Waals surface area contributed by atoms with Crippen molar-refractivity contribution in [1.29, 1.82) is 0 Å². The summed E-state index contributed by atoms with van der Waals surface area (Å²) in [6.45, 7) is 8.30. The van der Waals surface area contributed by atoms with Crippen LogP contribution in [0.2, 0.25) is 0 Å². The molecule has 0 unspecified atom stereocenters. The molecule has 1 aliphatic rings. The van der Waals surface area contributed by atoms with Crippen LogP contribution in [0.15, 0.2) is 6.20 Å². The topological polar surface area (TPSA) is 49.3 Å². The van der Waals surface area contributed by atoms with Gasteiger partial charge in [-0.3, -0.25) is 4.79 Å². The molecular weight excluding hydrogens is 290 g/mol. The van der Waals surface area contributed by atoms with Crippen LogP contribution < -0.4 is 4.90 Å². The molecule has 0 spiro atoms. The molecule has 2 rings (SSSR count). The van der Waals surface area contributed by atoms with E-state index in [1.54, 1.807) is 4.90 Å². The molecule has 22 heavy (non-hydrogen) atoms. The highest BCUT2D eigenvalue weighted by atomic mass is 19.3. The van der Waals surface area contributed by atoms with Crippen LogP contribution in [0.25, 0.3) is 0 Å². The third-order valence-corrected chi connectivity index (χ3v) is 3.85. The summed E-state index contributed by atoms with van der Waals surface area (Å²) in [5.41, 5.74) is 0.264. The molecule has 0 aliphatic carbocycles. The number of hydrogen-bond acceptors (Lipinski definition) is 4. The summed E-state index contributed by atoms with van der Waals surface area (Å²) >= 11 is 0. The van der Waals surface area contributed by atoms with Crippen LogP contribution in [0.3, 0.4) is 0 Å². The summed E-state index contributed by atoms with van der Waals surface area (Å²) in [7, 11) is 0. The SMILES string of the molecule is CC(=O)N1CCN(c2ncc(C(C)C)c(C(C)(F)F)n2)CC1. The maximum Gasteiger partial charge on any atom is 0.287 e. The molecule has 5 nitrogen and oxygen atoms in total. The number of nitrogens with zero attached hydrogens (tertiary/aromatic N) is 4. The van der Waals surface area contributed by atoms with E-state index in [1.807, 2.05) is 18.7 Å². The van der Waals surface area contributed by atoms with Gasteiger partial charge < -0.3 is 9.80 Å². The smallest absolute Gasteiger partial charge is 0.287 e. The van der Waals surface area contributed by atoms with Gasteiger partial charge in [0.05, 0.1) is 0 Å². The Labute approximate surface area is 129 Å². The lowest BCUT2D eigenvalue weighted by atomic mass is 10.0. The van der Waals surface area contributed by atoms with Crippen molar-refractivity contribution < 1.29 is 13.6 Å². The van der Waals surface area contributed by atoms with Gasteiger partial charge >= 0.3 is 0 Å². The third kappa shape index (κ3) is 3.51. The zero-order chi connectivity index (χ0) is 16.5. The van der Waals surface area contributed by atoms with Gasteiger partial charge in [-0.25, -0.2) is 9.97 Å². The van der Waals surface area contributed by atoms with Crippen molar-refractivity contribution in [2.45, 2.75) is 39.5 Å². The second-order valence-corrected chi connectivity index (χ2v) is 6.01. The number of hydrogen-bond donors (Lipinski definition) is 0. The summed E-state index contributed by atoms with van der Waals surface area (Å²) in [4.78, 5) is 23.3. The monoisotopic (exact) mass is 312 g/mol. The molecule has 1 fully saturated rings. The lowest BCUT2D eigenvalue weighted by Crippen LogP contribution is -2.48. The summed E-state index contributed by atoms with van der Waals surface area (Å²) in [6, 6.07) is 0. The first-order valence-corrected chi connectivity index (χ1v) is 7.46. The van der Waals surface area contributed by atoms with Crippen LogP contribution in [0.1, 0.15) is 44.9 Å². The minimum Gasteiger partial charge on any atom is -0.339 e. The standard InChI is InChI=1S/C15H22F2N4O/c1-10(2)12-9-18-14(19-13(12)15(4,16)17)21-7-5-20(6-8-21)11(3)22/h9-10H,5-8H2,1-4H3. The molecule has 0 aromatic carbocycles. The largest absolute Gasteiger partial charge is 0.339 e. The number of rotatable bonds is 3. The minimum atomic E-state index is -3.00. The van der Waals surface area contributed by atoms with Gasteiger partial charge in [0, 0.05) is 51.8 Å². The Morgan fingerprint density at radius 2 is 1.86 bits per heavy atom. The number of carbonyl (C=O) groups is 1. The van der Waals surface area contributed by atoms with Crippen molar-refractivity contribution in [3.8, 4) is 0 Å². The molecule has 0 saturated carbocycles. The summed E-state index contributed by atoms with van der Waals surface area (Å²) in [6.07, 6.45) is 1.50. The van der Waals surface area contributed by atoms with E-state index in [2.05, 4.69) is 9.97 Å². The quantitative estimate of drug-likeness (QED) is 0.860. The first kappa shape index (κ1) is 16.6. The number of alkyl halides is 2. The first-order valence-electron chi connectivity index (χ1n) is 7.46. The van der Waals surface area contributed by atoms with E-state index in [0.717, 1.165) is 6.92 Å². The van der Waals surface area contributed by atoms with E-state index in [0.29, 0.717) is 37.7 Å². The van der Waals surface area contributed by atoms with Crippen molar-refractivity contribution in [2.75, 3.05) is 31.1 Å². The van der Waals surface area contributed by atoms with Crippen molar-refractivity contribution in [3.63, 3.8) is 0 Å². The Bertz CT molecular complexity index is 549. The van der Waals surface area contributed by atoms with Gasteiger partial charge in [-0.1, -0.05) is 13.8 Å². The zero-order valence-corrected chi connectivity index (χ0v) is 13.4. The molecular formula is C15H22F2N4O. The highest BCUT2D eigenvalue weighted by Gasteiger charge is 2.32. The zero-order valence-electron chi connectivity index (χ0n) is 13.4. The van der Waals surface area contributed by atoms with Crippen LogP contribution in [-0.2, 0) is 10.7 Å². The average Bonchev–Trinajstić information content (AvgIpc) is 2.45. The maximum atomic E-state index is 13.8. The summed E-state index contributed by atoms with van der Waals surface area (Å²) in [5, 5.41) is 0. The molecule has 1 aromatic rings. The Morgan fingerprint density at radius 3 is 2.32 bits per heavy atom. The van der Waals surface area contributed by atoms with Gasteiger partial charge in [-0.05, 0) is 5.92 Å². The fraction of sp³-hybridized carbons (Fsp3) is 0.667. The average molecular weight is 312 g/mol. The van der Waals surface area contributed by atoms with Crippen molar-refractivity contribution in [1.82, 2.24) is 14.9 Å². The summed E-state index contributed by atoms with van der Waals surface area (Å²) in [5.74, 6) is -2.73. The van der Waals surface area contributed by atoms with E-state index in [1.165, 1.54) is 13.1 Å². The number of anilines is 1. The lowest BCUT2D eigenvalue weighted by molar-refractivity contribution is -0.129. The van der Waals surface area contributed by atoms with Gasteiger partial charge in [-0.15, -0.1) is 0 Å². The lowest BCUT2D eigenvalue weighted by Gasteiger charge is -2.34. The number of piperazine rings is 1. The number of amides is 1. The van der Waals surface area contributed by atoms with Crippen LogP contribution in [0.5, 0.6) is 0 Å². The molecule has 1 amide bonds. The van der Waals surface area contributed by atoms with Gasteiger partial charge in [0.25, 0.3) is 5.92 Å². The normalized spacial score (nSPS) is 16.3. The van der Waals surface area contributed by atoms with Crippen molar-refractivity contribution >= 4 is 11.9 Å². The molecule has 0 N–H and O–H groups in total. The highest BCUT2D eigenvalue weighted by molar-refractivity contribution is 5.73. The van der Waals surface area contributed by atoms with Crippen LogP contribution in [0, 0.1) is 0 Å². The fourth-order valence-corrected chi connectivity index (χ4v) is 2.53. The highest BCUT2D eigenvalue weighted by Crippen LogP contribution is 2.32. The predicted molar refractivity (Wildman–Crippen MR) is 80.2 cm³/mol. The fourth-order valence-electron chi connectivity index (χ4n) is 2.53. The van der Waals surface area contributed by atoms with Crippen molar-refractivity contribution in [2.24, 2.45) is 0 Å². The molecule has 1 saturated heterocycles. The molecule has 1 aromatic heterocycles. The number of carbonyl (C=O) groups excluding carboxylic acids is 1. The van der Waals surface area contributed by atoms with E-state index in [9.17, 15) is 13.6 Å². The van der Waals surface area contributed by atoms with E-state index < -0.39 is 5.92 Å². The Morgan fingerprint density at radius 1 is 1.27 bits per heavy atom. The molecule has 0 radical (unpaired) electrons. The van der Waals surface area contributed by atoms with E-state index in [4.69, 9.17) is 0 Å². The predicted octanol–water partition coefficient (Wildman–Crippen LogP) is 2.38. The Kier molecular flexibility index (Phi) is 4.63. The van der Waals surface area contributed by atoms with E-state index >= 15 is 0 Å². The van der Waals surface area contributed by atoms with Crippen LogP contribution >= 0.6 is 0 Å². The molecule has 1 aliphatic heterocycles. The summed E-state index contributed by atoms with van der Waals surface area (Å²) < 4.78 is 27.7. The second-order valence-electron chi connectivity index (χ2n) is 6.01. The number of halogens is 2.